The smallest absolute Gasteiger partial charge is 0.260 e. The van der Waals surface area contributed by atoms with E-state index in [2.05, 4.69) is 17.4 Å². The molecule has 4 heteroatoms. The van der Waals surface area contributed by atoms with Crippen LogP contribution in [0.1, 0.15) is 37.3 Å². The Morgan fingerprint density at radius 3 is 2.81 bits per heavy atom. The number of rotatable bonds is 7. The lowest BCUT2D eigenvalue weighted by molar-refractivity contribution is -0.127. The van der Waals surface area contributed by atoms with Crippen LogP contribution in [0.2, 0.25) is 0 Å². The van der Waals surface area contributed by atoms with Gasteiger partial charge < -0.3 is 14.8 Å². The SMILES string of the molecule is COCCCNC(=O)[C@@H](C)Oc1ccc2c(c1)CCCC2. The maximum absolute atomic E-state index is 11.9. The van der Waals surface area contributed by atoms with Gasteiger partial charge in [-0.3, -0.25) is 4.79 Å². The summed E-state index contributed by atoms with van der Waals surface area (Å²) in [5.74, 6) is 0.707. The molecule has 0 heterocycles. The summed E-state index contributed by atoms with van der Waals surface area (Å²) >= 11 is 0. The van der Waals surface area contributed by atoms with Crippen molar-refractivity contribution in [3.05, 3.63) is 29.3 Å². The van der Waals surface area contributed by atoms with Crippen molar-refractivity contribution >= 4 is 5.91 Å². The molecule has 0 saturated heterocycles. The Balaban J connectivity index is 1.84. The zero-order valence-corrected chi connectivity index (χ0v) is 13.0. The molecule has 0 unspecified atom stereocenters. The highest BCUT2D eigenvalue weighted by Gasteiger charge is 2.15. The summed E-state index contributed by atoms with van der Waals surface area (Å²) in [5, 5.41) is 2.86. The van der Waals surface area contributed by atoms with Gasteiger partial charge in [0.15, 0.2) is 6.10 Å². The maximum Gasteiger partial charge on any atom is 0.260 e. The van der Waals surface area contributed by atoms with E-state index in [1.54, 1.807) is 14.0 Å². The van der Waals surface area contributed by atoms with Crippen molar-refractivity contribution in [3.63, 3.8) is 0 Å². The Hall–Kier alpha value is -1.55. The molecule has 0 saturated carbocycles. The van der Waals surface area contributed by atoms with Gasteiger partial charge in [0.2, 0.25) is 0 Å². The third kappa shape index (κ3) is 4.74. The average Bonchev–Trinajstić information content (AvgIpc) is 2.51. The van der Waals surface area contributed by atoms with E-state index in [-0.39, 0.29) is 5.91 Å². The van der Waals surface area contributed by atoms with Crippen LogP contribution in [-0.2, 0) is 22.4 Å². The Bertz CT molecular complexity index is 473. The summed E-state index contributed by atoms with van der Waals surface area (Å²) in [6.45, 7) is 3.05. The van der Waals surface area contributed by atoms with Gasteiger partial charge in [-0.05, 0) is 62.3 Å². The molecular weight excluding hydrogens is 266 g/mol. The molecule has 0 bridgehead atoms. The van der Waals surface area contributed by atoms with Gasteiger partial charge in [-0.15, -0.1) is 0 Å². The first-order chi connectivity index (χ1) is 10.2. The van der Waals surface area contributed by atoms with Crippen molar-refractivity contribution in [1.29, 1.82) is 0 Å². The first-order valence-electron chi connectivity index (χ1n) is 7.76. The second kappa shape index (κ2) is 8.03. The Morgan fingerprint density at radius 2 is 2.05 bits per heavy atom. The van der Waals surface area contributed by atoms with Gasteiger partial charge in [0.05, 0.1) is 0 Å². The van der Waals surface area contributed by atoms with Gasteiger partial charge in [-0.25, -0.2) is 0 Å². The number of nitrogens with one attached hydrogen (secondary N) is 1. The molecule has 1 atom stereocenters. The average molecular weight is 291 g/mol. The molecule has 1 aliphatic carbocycles. The number of fused-ring (bicyclic) bond motifs is 1. The monoisotopic (exact) mass is 291 g/mol. The molecule has 0 radical (unpaired) electrons. The van der Waals surface area contributed by atoms with Gasteiger partial charge in [-0.1, -0.05) is 6.07 Å². The highest BCUT2D eigenvalue weighted by Crippen LogP contribution is 2.25. The van der Waals surface area contributed by atoms with Crippen LogP contribution in [-0.4, -0.2) is 32.3 Å². The summed E-state index contributed by atoms with van der Waals surface area (Å²) < 4.78 is 10.7. The van der Waals surface area contributed by atoms with Crippen LogP contribution in [0.25, 0.3) is 0 Å². The molecule has 21 heavy (non-hydrogen) atoms. The van der Waals surface area contributed by atoms with E-state index in [4.69, 9.17) is 9.47 Å². The summed E-state index contributed by atoms with van der Waals surface area (Å²) in [7, 11) is 1.66. The summed E-state index contributed by atoms with van der Waals surface area (Å²) in [6.07, 6.45) is 5.12. The predicted octanol–water partition coefficient (Wildman–Crippen LogP) is 2.49. The second-order valence-electron chi connectivity index (χ2n) is 5.54. The fourth-order valence-corrected chi connectivity index (χ4v) is 2.61. The van der Waals surface area contributed by atoms with Crippen LogP contribution in [0.5, 0.6) is 5.75 Å². The number of aryl methyl sites for hydroxylation is 2. The zero-order chi connectivity index (χ0) is 15.1. The van der Waals surface area contributed by atoms with Crippen LogP contribution < -0.4 is 10.1 Å². The number of carbonyl (C=O) groups is 1. The number of methoxy groups -OCH3 is 1. The summed E-state index contributed by atoms with van der Waals surface area (Å²) in [6, 6.07) is 6.19. The topological polar surface area (TPSA) is 47.6 Å². The second-order valence-corrected chi connectivity index (χ2v) is 5.54. The summed E-state index contributed by atoms with van der Waals surface area (Å²) in [5.41, 5.74) is 2.79. The van der Waals surface area contributed by atoms with E-state index < -0.39 is 6.10 Å². The molecule has 0 aliphatic heterocycles. The molecule has 1 aromatic rings. The normalized spacial score (nSPS) is 15.1. The molecule has 0 fully saturated rings. The van der Waals surface area contributed by atoms with Crippen LogP contribution in [0.3, 0.4) is 0 Å². The number of benzene rings is 1. The lowest BCUT2D eigenvalue weighted by Gasteiger charge is -2.19. The van der Waals surface area contributed by atoms with Gasteiger partial charge in [0.25, 0.3) is 5.91 Å². The van der Waals surface area contributed by atoms with Gasteiger partial charge in [-0.2, -0.15) is 0 Å². The molecule has 1 aromatic carbocycles. The van der Waals surface area contributed by atoms with Crippen LogP contribution in [0.4, 0.5) is 0 Å². The first-order valence-corrected chi connectivity index (χ1v) is 7.76. The molecule has 0 aromatic heterocycles. The van der Waals surface area contributed by atoms with Crippen molar-refractivity contribution in [2.45, 2.75) is 45.1 Å². The Morgan fingerprint density at radius 1 is 1.29 bits per heavy atom. The van der Waals surface area contributed by atoms with E-state index in [9.17, 15) is 4.79 Å². The van der Waals surface area contributed by atoms with Crippen LogP contribution >= 0.6 is 0 Å². The summed E-state index contributed by atoms with van der Waals surface area (Å²) in [4.78, 5) is 11.9. The Labute approximate surface area is 126 Å². The van der Waals surface area contributed by atoms with Gasteiger partial charge >= 0.3 is 0 Å². The molecule has 116 valence electrons. The van der Waals surface area contributed by atoms with Gasteiger partial charge in [0.1, 0.15) is 5.75 Å². The van der Waals surface area contributed by atoms with E-state index in [0.717, 1.165) is 25.0 Å². The quantitative estimate of drug-likeness (QED) is 0.785. The molecular formula is C17H25NO3. The molecule has 1 amide bonds. The minimum atomic E-state index is -0.478. The van der Waals surface area contributed by atoms with E-state index in [0.29, 0.717) is 13.2 Å². The van der Waals surface area contributed by atoms with Gasteiger partial charge in [0, 0.05) is 20.3 Å². The standard InChI is InChI=1S/C17H25NO3/c1-13(17(19)18-10-5-11-20-2)21-16-9-8-14-6-3-4-7-15(14)12-16/h8-9,12-13H,3-7,10-11H2,1-2H3,(H,18,19)/t13-/m1/s1. The van der Waals surface area contributed by atoms with Crippen molar-refractivity contribution in [2.24, 2.45) is 0 Å². The fraction of sp³-hybridized carbons (Fsp3) is 0.588. The lowest BCUT2D eigenvalue weighted by Crippen LogP contribution is -2.37. The predicted molar refractivity (Wildman–Crippen MR) is 82.7 cm³/mol. The highest BCUT2D eigenvalue weighted by atomic mass is 16.5. The number of ether oxygens (including phenoxy) is 2. The minimum absolute atomic E-state index is 0.0798. The lowest BCUT2D eigenvalue weighted by atomic mass is 9.92. The number of hydrogen-bond acceptors (Lipinski definition) is 3. The third-order valence-corrected chi connectivity index (χ3v) is 3.83. The maximum atomic E-state index is 11.9. The van der Waals surface area contributed by atoms with Crippen molar-refractivity contribution in [2.75, 3.05) is 20.3 Å². The fourth-order valence-electron chi connectivity index (χ4n) is 2.61. The minimum Gasteiger partial charge on any atom is -0.481 e. The van der Waals surface area contributed by atoms with E-state index in [1.807, 2.05) is 6.07 Å². The Kier molecular flexibility index (Phi) is 6.05. The number of carbonyl (C=O) groups excluding carboxylic acids is 1. The number of amides is 1. The van der Waals surface area contributed by atoms with E-state index in [1.165, 1.54) is 24.0 Å². The van der Waals surface area contributed by atoms with Crippen LogP contribution in [0, 0.1) is 0 Å². The van der Waals surface area contributed by atoms with Crippen molar-refractivity contribution in [1.82, 2.24) is 5.32 Å². The molecule has 2 rings (SSSR count). The molecule has 4 nitrogen and oxygen atoms in total. The molecule has 0 spiro atoms. The van der Waals surface area contributed by atoms with Crippen molar-refractivity contribution < 1.29 is 14.3 Å². The third-order valence-electron chi connectivity index (χ3n) is 3.83. The van der Waals surface area contributed by atoms with Crippen molar-refractivity contribution in [3.8, 4) is 5.75 Å². The zero-order valence-electron chi connectivity index (χ0n) is 13.0. The highest BCUT2D eigenvalue weighted by molar-refractivity contribution is 5.80. The number of hydrogen-bond donors (Lipinski definition) is 1. The van der Waals surface area contributed by atoms with Crippen LogP contribution in [0.15, 0.2) is 18.2 Å². The molecule has 1 aliphatic rings. The molecule has 1 N–H and O–H groups in total. The first kappa shape index (κ1) is 15.8. The van der Waals surface area contributed by atoms with E-state index >= 15 is 0 Å². The largest absolute Gasteiger partial charge is 0.481 e.